The maximum atomic E-state index is 12.1. The molecule has 0 saturated carbocycles. The molecular weight excluding hydrogens is 248 g/mol. The molecule has 1 rings (SSSR count). The molecule has 3 N–H and O–H groups in total. The van der Waals surface area contributed by atoms with Crippen molar-refractivity contribution >= 4 is 11.6 Å². The van der Waals surface area contributed by atoms with Crippen LogP contribution in [0.3, 0.4) is 0 Å². The molecule has 0 fully saturated rings. The Hall–Kier alpha value is -1.35. The standard InChI is InChI=1S/C17H28N2O/c1-4-5-6-14-7-9-16(10-8-14)19-17(20)15(12-18)11-13(2)3/h7-10,13,15H,4-6,11-12,18H2,1-3H3,(H,19,20). The number of benzene rings is 1. The zero-order chi connectivity index (χ0) is 15.0. The number of carbonyl (C=O) groups excluding carboxylic acids is 1. The van der Waals surface area contributed by atoms with E-state index in [2.05, 4.69) is 38.2 Å². The molecule has 0 heterocycles. The molecule has 3 heteroatoms. The van der Waals surface area contributed by atoms with Crippen molar-refractivity contribution in [2.45, 2.75) is 46.5 Å². The van der Waals surface area contributed by atoms with Crippen molar-refractivity contribution in [3.05, 3.63) is 29.8 Å². The average Bonchev–Trinajstić information content (AvgIpc) is 2.43. The number of hydrogen-bond acceptors (Lipinski definition) is 2. The topological polar surface area (TPSA) is 55.1 Å². The summed E-state index contributed by atoms with van der Waals surface area (Å²) in [5.74, 6) is 0.406. The van der Waals surface area contributed by atoms with Crippen LogP contribution < -0.4 is 11.1 Å². The van der Waals surface area contributed by atoms with Crippen LogP contribution in [0.4, 0.5) is 5.69 Å². The lowest BCUT2D eigenvalue weighted by Gasteiger charge is -2.17. The summed E-state index contributed by atoms with van der Waals surface area (Å²) < 4.78 is 0. The second-order valence-corrected chi connectivity index (χ2v) is 5.85. The molecular formula is C17H28N2O. The summed E-state index contributed by atoms with van der Waals surface area (Å²) in [4.78, 5) is 12.1. The van der Waals surface area contributed by atoms with Gasteiger partial charge in [-0.15, -0.1) is 0 Å². The second kappa shape index (κ2) is 8.75. The van der Waals surface area contributed by atoms with Gasteiger partial charge in [-0.05, 0) is 42.9 Å². The highest BCUT2D eigenvalue weighted by atomic mass is 16.1. The zero-order valence-corrected chi connectivity index (χ0v) is 13.0. The van der Waals surface area contributed by atoms with E-state index in [1.807, 2.05) is 12.1 Å². The predicted octanol–water partition coefficient (Wildman–Crippen LogP) is 3.59. The van der Waals surface area contributed by atoms with Crippen molar-refractivity contribution in [3.63, 3.8) is 0 Å². The minimum Gasteiger partial charge on any atom is -0.330 e. The van der Waals surface area contributed by atoms with E-state index in [4.69, 9.17) is 5.73 Å². The summed E-state index contributed by atoms with van der Waals surface area (Å²) in [6, 6.07) is 8.13. The Bertz CT molecular complexity index is 398. The van der Waals surface area contributed by atoms with Gasteiger partial charge in [0.2, 0.25) is 5.91 Å². The highest BCUT2D eigenvalue weighted by Crippen LogP contribution is 2.16. The van der Waals surface area contributed by atoms with E-state index in [1.54, 1.807) is 0 Å². The number of hydrogen-bond donors (Lipinski definition) is 2. The molecule has 1 amide bonds. The van der Waals surface area contributed by atoms with E-state index >= 15 is 0 Å². The fraction of sp³-hybridized carbons (Fsp3) is 0.588. The van der Waals surface area contributed by atoms with Crippen LogP contribution in [-0.2, 0) is 11.2 Å². The van der Waals surface area contributed by atoms with Gasteiger partial charge in [-0.1, -0.05) is 39.3 Å². The monoisotopic (exact) mass is 276 g/mol. The highest BCUT2D eigenvalue weighted by molar-refractivity contribution is 5.92. The molecule has 112 valence electrons. The number of nitrogens with two attached hydrogens (primary N) is 1. The first-order chi connectivity index (χ1) is 9.56. The molecule has 1 aromatic carbocycles. The molecule has 0 aliphatic rings. The van der Waals surface area contributed by atoms with Gasteiger partial charge >= 0.3 is 0 Å². The Balaban J connectivity index is 2.56. The number of carbonyl (C=O) groups is 1. The quantitative estimate of drug-likeness (QED) is 0.762. The molecule has 0 aliphatic carbocycles. The second-order valence-electron chi connectivity index (χ2n) is 5.85. The molecule has 0 aliphatic heterocycles. The normalized spacial score (nSPS) is 12.4. The van der Waals surface area contributed by atoms with E-state index in [1.165, 1.54) is 18.4 Å². The summed E-state index contributed by atoms with van der Waals surface area (Å²) in [6.45, 7) is 6.81. The Morgan fingerprint density at radius 2 is 1.90 bits per heavy atom. The minimum atomic E-state index is -0.102. The number of nitrogens with one attached hydrogen (secondary N) is 1. The fourth-order valence-electron chi connectivity index (χ4n) is 2.26. The Kier molecular flexibility index (Phi) is 7.31. The molecule has 0 radical (unpaired) electrons. The van der Waals surface area contributed by atoms with Crippen molar-refractivity contribution in [3.8, 4) is 0 Å². The largest absolute Gasteiger partial charge is 0.330 e. The van der Waals surface area contributed by atoms with E-state index in [0.29, 0.717) is 12.5 Å². The zero-order valence-electron chi connectivity index (χ0n) is 13.0. The third-order valence-electron chi connectivity index (χ3n) is 3.45. The van der Waals surface area contributed by atoms with Crippen LogP contribution in [0.1, 0.15) is 45.6 Å². The summed E-state index contributed by atoms with van der Waals surface area (Å²) in [7, 11) is 0. The van der Waals surface area contributed by atoms with Gasteiger partial charge in [-0.2, -0.15) is 0 Å². The van der Waals surface area contributed by atoms with Crippen molar-refractivity contribution < 1.29 is 4.79 Å². The lowest BCUT2D eigenvalue weighted by atomic mass is 9.96. The minimum absolute atomic E-state index is 0.0301. The first-order valence-corrected chi connectivity index (χ1v) is 7.66. The number of rotatable bonds is 8. The van der Waals surface area contributed by atoms with Crippen molar-refractivity contribution in [1.82, 2.24) is 0 Å². The van der Waals surface area contributed by atoms with Crippen LogP contribution in [0.15, 0.2) is 24.3 Å². The van der Waals surface area contributed by atoms with Crippen LogP contribution in [-0.4, -0.2) is 12.5 Å². The summed E-state index contributed by atoms with van der Waals surface area (Å²) in [5, 5.41) is 2.96. The fourth-order valence-corrected chi connectivity index (χ4v) is 2.26. The summed E-state index contributed by atoms with van der Waals surface area (Å²) in [5.41, 5.74) is 7.87. The summed E-state index contributed by atoms with van der Waals surface area (Å²) in [6.07, 6.45) is 4.33. The first kappa shape index (κ1) is 16.7. The number of unbranched alkanes of at least 4 members (excludes halogenated alkanes) is 1. The maximum Gasteiger partial charge on any atom is 0.228 e. The van der Waals surface area contributed by atoms with E-state index in [9.17, 15) is 4.79 Å². The van der Waals surface area contributed by atoms with Crippen molar-refractivity contribution in [2.24, 2.45) is 17.6 Å². The maximum absolute atomic E-state index is 12.1. The van der Waals surface area contributed by atoms with Crippen molar-refractivity contribution in [1.29, 1.82) is 0 Å². The van der Waals surface area contributed by atoms with Gasteiger partial charge in [-0.25, -0.2) is 0 Å². The average molecular weight is 276 g/mol. The predicted molar refractivity (Wildman–Crippen MR) is 85.7 cm³/mol. The Morgan fingerprint density at radius 1 is 1.25 bits per heavy atom. The van der Waals surface area contributed by atoms with Crippen LogP contribution in [0.5, 0.6) is 0 Å². The van der Waals surface area contributed by atoms with Gasteiger partial charge in [0.05, 0.1) is 5.92 Å². The van der Waals surface area contributed by atoms with Gasteiger partial charge in [0, 0.05) is 12.2 Å². The summed E-state index contributed by atoms with van der Waals surface area (Å²) >= 11 is 0. The lowest BCUT2D eigenvalue weighted by Crippen LogP contribution is -2.30. The Labute approximate surface area is 122 Å². The van der Waals surface area contributed by atoms with Gasteiger partial charge in [0.15, 0.2) is 0 Å². The number of amides is 1. The molecule has 1 atom stereocenters. The van der Waals surface area contributed by atoms with E-state index in [-0.39, 0.29) is 11.8 Å². The molecule has 1 unspecified atom stereocenters. The first-order valence-electron chi connectivity index (χ1n) is 7.66. The van der Waals surface area contributed by atoms with E-state index in [0.717, 1.165) is 18.5 Å². The van der Waals surface area contributed by atoms with Gasteiger partial charge in [-0.3, -0.25) is 4.79 Å². The van der Waals surface area contributed by atoms with Crippen LogP contribution in [0.2, 0.25) is 0 Å². The number of anilines is 1. The van der Waals surface area contributed by atoms with Crippen molar-refractivity contribution in [2.75, 3.05) is 11.9 Å². The molecule has 0 spiro atoms. The third-order valence-corrected chi connectivity index (χ3v) is 3.45. The van der Waals surface area contributed by atoms with E-state index < -0.39 is 0 Å². The third kappa shape index (κ3) is 5.74. The van der Waals surface area contributed by atoms with Crippen LogP contribution in [0.25, 0.3) is 0 Å². The van der Waals surface area contributed by atoms with Crippen LogP contribution in [0, 0.1) is 11.8 Å². The molecule has 1 aromatic rings. The molecule has 3 nitrogen and oxygen atoms in total. The molecule has 0 saturated heterocycles. The lowest BCUT2D eigenvalue weighted by molar-refractivity contribution is -0.120. The van der Waals surface area contributed by atoms with Gasteiger partial charge in [0.25, 0.3) is 0 Å². The smallest absolute Gasteiger partial charge is 0.228 e. The number of aryl methyl sites for hydroxylation is 1. The van der Waals surface area contributed by atoms with Crippen LogP contribution >= 0.6 is 0 Å². The SMILES string of the molecule is CCCCc1ccc(NC(=O)C(CN)CC(C)C)cc1. The Morgan fingerprint density at radius 3 is 2.40 bits per heavy atom. The molecule has 0 bridgehead atoms. The molecule has 20 heavy (non-hydrogen) atoms. The van der Waals surface area contributed by atoms with Gasteiger partial charge in [0.1, 0.15) is 0 Å². The molecule has 0 aromatic heterocycles. The van der Waals surface area contributed by atoms with Gasteiger partial charge < -0.3 is 11.1 Å². The highest BCUT2D eigenvalue weighted by Gasteiger charge is 2.18.